The molecule has 1 fully saturated rings. The largest absolute Gasteiger partial charge is 0.417 e. The van der Waals surface area contributed by atoms with Crippen LogP contribution >= 0.6 is 22.9 Å². The molecule has 158 valence electrons. The number of hydrogen-bond donors (Lipinski definition) is 1. The number of nitrogens with zero attached hydrogens (tertiary/aromatic N) is 3. The number of thiophene rings is 1. The minimum Gasteiger partial charge on any atom is -0.357 e. The zero-order valence-electron chi connectivity index (χ0n) is 15.7. The zero-order chi connectivity index (χ0) is 22.1. The van der Waals surface area contributed by atoms with Crippen LogP contribution in [0.25, 0.3) is 0 Å². The minimum atomic E-state index is -4.71. The van der Waals surface area contributed by atoms with Crippen LogP contribution in [0.2, 0.25) is 4.34 Å². The third-order valence-electron chi connectivity index (χ3n) is 4.76. The molecular formula is C19H16ClF3N4O2S. The Morgan fingerprint density at radius 2 is 2.00 bits per heavy atom. The molecule has 2 aromatic rings. The van der Waals surface area contributed by atoms with E-state index in [1.807, 2.05) is 0 Å². The predicted molar refractivity (Wildman–Crippen MR) is 107 cm³/mol. The summed E-state index contributed by atoms with van der Waals surface area (Å²) in [5.74, 6) is -0.731. The second-order valence-electron chi connectivity index (χ2n) is 6.52. The predicted octanol–water partition coefficient (Wildman–Crippen LogP) is 3.37. The van der Waals surface area contributed by atoms with Crippen LogP contribution in [-0.4, -0.2) is 49.4 Å². The molecule has 0 radical (unpaired) electrons. The van der Waals surface area contributed by atoms with Crippen molar-refractivity contribution < 1.29 is 22.8 Å². The lowest BCUT2D eigenvalue weighted by atomic mass is 10.0. The van der Waals surface area contributed by atoms with Crippen molar-refractivity contribution in [3.8, 4) is 6.07 Å². The fourth-order valence-electron chi connectivity index (χ4n) is 3.30. The Bertz CT molecular complexity index is 1020. The van der Waals surface area contributed by atoms with E-state index in [2.05, 4.69) is 5.32 Å². The van der Waals surface area contributed by atoms with E-state index in [0.29, 0.717) is 9.21 Å². The zero-order valence-corrected chi connectivity index (χ0v) is 17.2. The van der Waals surface area contributed by atoms with Gasteiger partial charge in [0.15, 0.2) is 0 Å². The van der Waals surface area contributed by atoms with Crippen molar-refractivity contribution in [2.45, 2.75) is 12.2 Å². The summed E-state index contributed by atoms with van der Waals surface area (Å²) in [6, 6.07) is 7.17. The number of alkyl halides is 3. The first kappa shape index (κ1) is 21.9. The van der Waals surface area contributed by atoms with E-state index in [0.717, 1.165) is 23.5 Å². The second kappa shape index (κ2) is 8.53. The highest BCUT2D eigenvalue weighted by atomic mass is 35.5. The van der Waals surface area contributed by atoms with Crippen LogP contribution in [0.15, 0.2) is 30.3 Å². The van der Waals surface area contributed by atoms with Crippen molar-refractivity contribution >= 4 is 40.4 Å². The second-order valence-corrected chi connectivity index (χ2v) is 8.23. The molecule has 1 atom stereocenters. The lowest BCUT2D eigenvalue weighted by molar-refractivity contribution is -0.137. The smallest absolute Gasteiger partial charge is 0.357 e. The van der Waals surface area contributed by atoms with Gasteiger partial charge in [0, 0.05) is 25.8 Å². The van der Waals surface area contributed by atoms with Crippen LogP contribution in [0.3, 0.4) is 0 Å². The molecule has 1 aliphatic heterocycles. The molecule has 6 nitrogen and oxygen atoms in total. The monoisotopic (exact) mass is 456 g/mol. The molecule has 0 saturated carbocycles. The number of amides is 2. The number of anilines is 1. The molecule has 30 heavy (non-hydrogen) atoms. The molecule has 3 rings (SSSR count). The van der Waals surface area contributed by atoms with Gasteiger partial charge in [-0.15, -0.1) is 11.3 Å². The summed E-state index contributed by atoms with van der Waals surface area (Å²) in [5.41, 5.74) is -1.41. The molecule has 0 bridgehead atoms. The molecule has 1 N–H and O–H groups in total. The quantitative estimate of drug-likeness (QED) is 0.768. The number of likely N-dealkylation sites (N-methyl/N-ethyl adjacent to an activating group) is 1. The first-order valence-electron chi connectivity index (χ1n) is 8.80. The molecule has 1 saturated heterocycles. The van der Waals surface area contributed by atoms with Crippen LogP contribution in [-0.2, 0) is 11.0 Å². The molecule has 1 aliphatic rings. The van der Waals surface area contributed by atoms with Gasteiger partial charge in [0.25, 0.3) is 5.91 Å². The van der Waals surface area contributed by atoms with E-state index < -0.39 is 29.3 Å². The molecule has 11 heteroatoms. The van der Waals surface area contributed by atoms with Crippen molar-refractivity contribution in [1.29, 1.82) is 5.26 Å². The maximum absolute atomic E-state index is 13.4. The summed E-state index contributed by atoms with van der Waals surface area (Å²) in [6.45, 7) is 0.352. The third-order valence-corrected chi connectivity index (χ3v) is 5.98. The van der Waals surface area contributed by atoms with Gasteiger partial charge in [-0.2, -0.15) is 18.4 Å². The van der Waals surface area contributed by atoms with Crippen LogP contribution in [0, 0.1) is 11.3 Å². The van der Waals surface area contributed by atoms with Gasteiger partial charge in [0.1, 0.15) is 6.04 Å². The summed E-state index contributed by atoms with van der Waals surface area (Å²) in [5, 5.41) is 11.5. The molecule has 1 unspecified atom stereocenters. The van der Waals surface area contributed by atoms with E-state index in [1.54, 1.807) is 12.1 Å². The molecule has 0 aliphatic carbocycles. The summed E-state index contributed by atoms with van der Waals surface area (Å²) in [6.07, 6.45) is -4.71. The van der Waals surface area contributed by atoms with E-state index in [9.17, 15) is 22.8 Å². The highest BCUT2D eigenvalue weighted by molar-refractivity contribution is 7.17. The SMILES string of the molecule is CNC(=O)C1CN(C(=O)c2ccc(Cl)s2)CCN1c1ccc(C#N)c(C(F)(F)F)c1. The Labute approximate surface area is 179 Å². The average molecular weight is 457 g/mol. The van der Waals surface area contributed by atoms with E-state index in [4.69, 9.17) is 16.9 Å². The van der Waals surface area contributed by atoms with Crippen LogP contribution < -0.4 is 10.2 Å². The summed E-state index contributed by atoms with van der Waals surface area (Å²) in [7, 11) is 1.42. The average Bonchev–Trinajstić information content (AvgIpc) is 3.17. The van der Waals surface area contributed by atoms with Crippen molar-refractivity contribution in [1.82, 2.24) is 10.2 Å². The maximum Gasteiger partial charge on any atom is 0.417 e. The van der Waals surface area contributed by atoms with E-state index in [1.165, 1.54) is 29.0 Å². The van der Waals surface area contributed by atoms with Gasteiger partial charge in [-0.05, 0) is 30.3 Å². The van der Waals surface area contributed by atoms with Crippen LogP contribution in [0.4, 0.5) is 18.9 Å². The van der Waals surface area contributed by atoms with E-state index in [-0.39, 0.29) is 31.2 Å². The van der Waals surface area contributed by atoms with Gasteiger partial charge >= 0.3 is 6.18 Å². The van der Waals surface area contributed by atoms with E-state index >= 15 is 0 Å². The normalized spacial score (nSPS) is 16.9. The number of carbonyl (C=O) groups excluding carboxylic acids is 2. The highest BCUT2D eigenvalue weighted by Gasteiger charge is 2.38. The first-order valence-corrected chi connectivity index (χ1v) is 9.99. The molecule has 2 heterocycles. The Hall–Kier alpha value is -2.77. The number of nitriles is 1. The minimum absolute atomic E-state index is 0.00458. The van der Waals surface area contributed by atoms with Crippen LogP contribution in [0.1, 0.15) is 20.8 Å². The number of carbonyl (C=O) groups is 2. The Morgan fingerprint density at radius 3 is 2.57 bits per heavy atom. The van der Waals surface area contributed by atoms with Crippen molar-refractivity contribution in [2.75, 3.05) is 31.6 Å². The molecule has 0 spiro atoms. The number of nitrogens with one attached hydrogen (secondary N) is 1. The lowest BCUT2D eigenvalue weighted by Gasteiger charge is -2.41. The van der Waals surface area contributed by atoms with Gasteiger partial charge in [-0.3, -0.25) is 9.59 Å². The van der Waals surface area contributed by atoms with Gasteiger partial charge in [0.2, 0.25) is 5.91 Å². The number of rotatable bonds is 3. The highest BCUT2D eigenvalue weighted by Crippen LogP contribution is 2.35. The Kier molecular flexibility index (Phi) is 6.24. The standard InChI is InChI=1S/C19H16ClF3N4O2S/c1-25-17(28)14-10-26(18(29)15-4-5-16(20)30-15)6-7-27(14)12-3-2-11(9-24)13(8-12)19(21,22)23/h2-5,8,14H,6-7,10H2,1H3,(H,25,28). The molecular weight excluding hydrogens is 441 g/mol. The van der Waals surface area contributed by atoms with Gasteiger partial charge < -0.3 is 15.1 Å². The molecule has 1 aromatic heterocycles. The molecule has 1 aromatic carbocycles. The maximum atomic E-state index is 13.4. The number of hydrogen-bond acceptors (Lipinski definition) is 5. The van der Waals surface area contributed by atoms with Crippen molar-refractivity contribution in [2.24, 2.45) is 0 Å². The summed E-state index contributed by atoms with van der Waals surface area (Å²) < 4.78 is 40.5. The number of benzene rings is 1. The lowest BCUT2D eigenvalue weighted by Crippen LogP contribution is -2.60. The van der Waals surface area contributed by atoms with Gasteiger partial charge in [-0.25, -0.2) is 0 Å². The Morgan fingerprint density at radius 1 is 1.27 bits per heavy atom. The summed E-state index contributed by atoms with van der Waals surface area (Å²) in [4.78, 5) is 28.6. The van der Waals surface area contributed by atoms with Crippen molar-refractivity contribution in [3.63, 3.8) is 0 Å². The van der Waals surface area contributed by atoms with Gasteiger partial charge in [-0.1, -0.05) is 11.6 Å². The fraction of sp³-hybridized carbons (Fsp3) is 0.316. The topological polar surface area (TPSA) is 76.4 Å². The van der Waals surface area contributed by atoms with Crippen molar-refractivity contribution in [3.05, 3.63) is 50.7 Å². The van der Waals surface area contributed by atoms with Gasteiger partial charge in [0.05, 0.1) is 33.0 Å². The fourth-order valence-corrected chi connectivity index (χ4v) is 4.31. The third kappa shape index (κ3) is 4.37. The Balaban J connectivity index is 1.92. The molecule has 2 amide bonds. The number of halogens is 4. The number of piperazine rings is 1. The van der Waals surface area contributed by atoms with Crippen LogP contribution in [0.5, 0.6) is 0 Å². The summed E-state index contributed by atoms with van der Waals surface area (Å²) >= 11 is 7.00. The first-order chi connectivity index (χ1) is 14.2.